The van der Waals surface area contributed by atoms with Crippen LogP contribution in [-0.4, -0.2) is 47.8 Å². The summed E-state index contributed by atoms with van der Waals surface area (Å²) in [6, 6.07) is 0. The Labute approximate surface area is 103 Å². The van der Waals surface area contributed by atoms with Gasteiger partial charge in [-0.15, -0.1) is 19.7 Å². The van der Waals surface area contributed by atoms with Crippen LogP contribution in [-0.2, 0) is 9.59 Å². The van der Waals surface area contributed by atoms with Crippen LogP contribution >= 0.6 is 0 Å². The zero-order chi connectivity index (χ0) is 13.3. The van der Waals surface area contributed by atoms with Crippen LogP contribution in [0.25, 0.3) is 0 Å². The van der Waals surface area contributed by atoms with Crippen LogP contribution < -0.4 is 0 Å². The Bertz CT molecular complexity index is 301. The summed E-state index contributed by atoms with van der Waals surface area (Å²) in [7, 11) is 0. The molecule has 0 bridgehead atoms. The molecule has 0 N–H and O–H groups in total. The van der Waals surface area contributed by atoms with Gasteiger partial charge in [0.25, 0.3) is 0 Å². The van der Waals surface area contributed by atoms with Crippen molar-refractivity contribution >= 4 is 11.8 Å². The number of hydrogen-bond donors (Lipinski definition) is 0. The Morgan fingerprint density at radius 1 is 0.882 bits per heavy atom. The zero-order valence-corrected chi connectivity index (χ0v) is 10.4. The Morgan fingerprint density at radius 3 is 1.59 bits per heavy atom. The summed E-state index contributed by atoms with van der Waals surface area (Å²) < 4.78 is 0. The van der Waals surface area contributed by atoms with Gasteiger partial charge in [0, 0.05) is 26.2 Å². The van der Waals surface area contributed by atoms with E-state index in [4.69, 9.17) is 0 Å². The first-order valence-corrected chi connectivity index (χ1v) is 5.53. The third-order valence-electron chi connectivity index (χ3n) is 2.19. The molecule has 0 radical (unpaired) electrons. The van der Waals surface area contributed by atoms with Gasteiger partial charge in [0.15, 0.2) is 0 Å². The number of hydrogen-bond acceptors (Lipinski definition) is 2. The maximum atomic E-state index is 11.9. The lowest BCUT2D eigenvalue weighted by Crippen LogP contribution is -2.45. The highest BCUT2D eigenvalue weighted by Crippen LogP contribution is 1.98. The van der Waals surface area contributed by atoms with Crippen molar-refractivity contribution in [3.8, 4) is 0 Å². The Hall–Kier alpha value is -1.84. The van der Waals surface area contributed by atoms with Gasteiger partial charge in [0.2, 0.25) is 0 Å². The van der Waals surface area contributed by atoms with Crippen LogP contribution in [0.3, 0.4) is 0 Å². The molecule has 0 aliphatic heterocycles. The van der Waals surface area contributed by atoms with Gasteiger partial charge in [0.1, 0.15) is 0 Å². The number of likely N-dealkylation sites (N-methyl/N-ethyl adjacent to an activating group) is 1. The van der Waals surface area contributed by atoms with Gasteiger partial charge in [-0.1, -0.05) is 18.2 Å². The average molecular weight is 236 g/mol. The van der Waals surface area contributed by atoms with Gasteiger partial charge in [-0.25, -0.2) is 0 Å². The van der Waals surface area contributed by atoms with E-state index in [0.29, 0.717) is 26.2 Å². The van der Waals surface area contributed by atoms with Crippen LogP contribution in [0.15, 0.2) is 38.0 Å². The molecule has 0 aliphatic rings. The molecule has 0 aromatic heterocycles. The molecule has 0 aliphatic carbocycles. The second-order valence-corrected chi connectivity index (χ2v) is 3.42. The highest BCUT2D eigenvalue weighted by atomic mass is 16.2. The minimum absolute atomic E-state index is 0.336. The lowest BCUT2D eigenvalue weighted by Gasteiger charge is -2.23. The third kappa shape index (κ3) is 4.68. The number of nitrogens with zero attached hydrogens (tertiary/aromatic N) is 2. The number of amides is 2. The van der Waals surface area contributed by atoms with E-state index in [1.807, 2.05) is 6.92 Å². The summed E-state index contributed by atoms with van der Waals surface area (Å²) in [6.45, 7) is 14.0. The quantitative estimate of drug-likeness (QED) is 0.492. The fourth-order valence-electron chi connectivity index (χ4n) is 1.33. The van der Waals surface area contributed by atoms with Crippen molar-refractivity contribution in [2.75, 3.05) is 26.2 Å². The lowest BCUT2D eigenvalue weighted by molar-refractivity contribution is -0.150. The topological polar surface area (TPSA) is 40.6 Å². The molecule has 0 saturated carbocycles. The fraction of sp³-hybridized carbons (Fsp3) is 0.385. The second-order valence-electron chi connectivity index (χ2n) is 3.42. The smallest absolute Gasteiger partial charge is 0.312 e. The first-order valence-electron chi connectivity index (χ1n) is 5.53. The summed E-state index contributed by atoms with van der Waals surface area (Å²) in [5.41, 5.74) is 0. The van der Waals surface area contributed by atoms with E-state index in [1.165, 1.54) is 9.80 Å². The minimum Gasteiger partial charge on any atom is -0.331 e. The van der Waals surface area contributed by atoms with Crippen LogP contribution in [0.1, 0.15) is 6.92 Å². The van der Waals surface area contributed by atoms with Gasteiger partial charge in [-0.05, 0) is 6.92 Å². The van der Waals surface area contributed by atoms with E-state index >= 15 is 0 Å². The summed E-state index contributed by atoms with van der Waals surface area (Å²) in [5.74, 6) is -1.05. The van der Waals surface area contributed by atoms with Crippen molar-refractivity contribution < 1.29 is 9.59 Å². The van der Waals surface area contributed by atoms with Crippen LogP contribution in [0.5, 0.6) is 0 Å². The molecule has 0 saturated heterocycles. The van der Waals surface area contributed by atoms with E-state index in [9.17, 15) is 9.59 Å². The predicted molar refractivity (Wildman–Crippen MR) is 69.4 cm³/mol. The predicted octanol–water partition coefficient (Wildman–Crippen LogP) is 1.22. The molecule has 17 heavy (non-hydrogen) atoms. The first-order chi connectivity index (χ1) is 8.12. The zero-order valence-electron chi connectivity index (χ0n) is 10.4. The maximum Gasteiger partial charge on any atom is 0.312 e. The molecule has 4 heteroatoms. The molecule has 0 spiro atoms. The highest BCUT2D eigenvalue weighted by molar-refractivity contribution is 6.35. The molecule has 0 atom stereocenters. The molecule has 94 valence electrons. The lowest BCUT2D eigenvalue weighted by atomic mass is 10.3. The molecular formula is C13H20N2O2. The monoisotopic (exact) mass is 236 g/mol. The number of carbonyl (C=O) groups excluding carboxylic acids is 2. The molecular weight excluding hydrogens is 216 g/mol. The Kier molecular flexibility index (Phi) is 7.43. The summed E-state index contributed by atoms with van der Waals surface area (Å²) in [6.07, 6.45) is 4.76. The van der Waals surface area contributed by atoms with Crippen molar-refractivity contribution in [3.63, 3.8) is 0 Å². The normalized spacial score (nSPS) is 9.24. The van der Waals surface area contributed by atoms with E-state index in [0.717, 1.165) is 0 Å². The van der Waals surface area contributed by atoms with Crippen molar-refractivity contribution in [3.05, 3.63) is 38.0 Å². The maximum absolute atomic E-state index is 11.9. The third-order valence-corrected chi connectivity index (χ3v) is 2.19. The molecule has 0 fully saturated rings. The molecule has 4 nitrogen and oxygen atoms in total. The van der Waals surface area contributed by atoms with Crippen molar-refractivity contribution in [1.29, 1.82) is 0 Å². The SMILES string of the molecule is C=CCN(CC)C(=O)C(=O)N(CC=C)CC=C. The van der Waals surface area contributed by atoms with E-state index < -0.39 is 11.8 Å². The van der Waals surface area contributed by atoms with Crippen LogP contribution in [0, 0.1) is 0 Å². The standard InChI is InChI=1S/C13H20N2O2/c1-5-9-14(8-4)12(16)13(17)15(10-6-2)11-7-3/h5-7H,1-3,8-11H2,4H3. The molecule has 2 amide bonds. The van der Waals surface area contributed by atoms with E-state index in [2.05, 4.69) is 19.7 Å². The van der Waals surface area contributed by atoms with Gasteiger partial charge in [-0.2, -0.15) is 0 Å². The van der Waals surface area contributed by atoms with Gasteiger partial charge >= 0.3 is 11.8 Å². The molecule has 0 aromatic carbocycles. The summed E-state index contributed by atoms with van der Waals surface area (Å²) in [5, 5.41) is 0. The summed E-state index contributed by atoms with van der Waals surface area (Å²) >= 11 is 0. The Balaban J connectivity index is 4.72. The van der Waals surface area contributed by atoms with Crippen LogP contribution in [0.2, 0.25) is 0 Å². The van der Waals surface area contributed by atoms with Crippen molar-refractivity contribution in [2.24, 2.45) is 0 Å². The Morgan fingerprint density at radius 2 is 1.24 bits per heavy atom. The number of rotatable bonds is 7. The van der Waals surface area contributed by atoms with Crippen LogP contribution in [0.4, 0.5) is 0 Å². The van der Waals surface area contributed by atoms with Crippen molar-refractivity contribution in [2.45, 2.75) is 6.92 Å². The van der Waals surface area contributed by atoms with Crippen molar-refractivity contribution in [1.82, 2.24) is 9.80 Å². The van der Waals surface area contributed by atoms with Gasteiger partial charge < -0.3 is 9.80 Å². The minimum atomic E-state index is -0.534. The molecule has 0 aromatic rings. The molecule has 0 heterocycles. The second kappa shape index (κ2) is 8.33. The average Bonchev–Trinajstić information content (AvgIpc) is 2.34. The first kappa shape index (κ1) is 15.2. The number of carbonyl (C=O) groups is 2. The van der Waals surface area contributed by atoms with Gasteiger partial charge in [0.05, 0.1) is 0 Å². The largest absolute Gasteiger partial charge is 0.331 e. The molecule has 0 rings (SSSR count). The van der Waals surface area contributed by atoms with E-state index in [-0.39, 0.29) is 0 Å². The van der Waals surface area contributed by atoms with Gasteiger partial charge in [-0.3, -0.25) is 9.59 Å². The fourth-order valence-corrected chi connectivity index (χ4v) is 1.33. The molecule has 0 unspecified atom stereocenters. The highest BCUT2D eigenvalue weighted by Gasteiger charge is 2.24. The van der Waals surface area contributed by atoms with E-state index in [1.54, 1.807) is 18.2 Å². The summed E-state index contributed by atoms with van der Waals surface area (Å²) in [4.78, 5) is 26.6.